The quantitative estimate of drug-likeness (QED) is 0.129. The van der Waals surface area contributed by atoms with Crippen LogP contribution in [0, 0.1) is 23.7 Å². The molecule has 0 saturated heterocycles. The summed E-state index contributed by atoms with van der Waals surface area (Å²) < 4.78 is 11.7. The van der Waals surface area contributed by atoms with Crippen molar-refractivity contribution in [3.63, 3.8) is 0 Å². The Balaban J connectivity index is 1.58. The maximum atomic E-state index is 5.87. The third-order valence-corrected chi connectivity index (χ3v) is 6.72. The van der Waals surface area contributed by atoms with E-state index in [1.54, 1.807) is 0 Å². The van der Waals surface area contributed by atoms with E-state index in [4.69, 9.17) is 9.47 Å². The van der Waals surface area contributed by atoms with Crippen molar-refractivity contribution in [1.82, 2.24) is 0 Å². The second kappa shape index (κ2) is 22.2. The summed E-state index contributed by atoms with van der Waals surface area (Å²) in [4.78, 5) is 0. The van der Waals surface area contributed by atoms with Crippen LogP contribution in [0.5, 0.6) is 11.5 Å². The Labute approximate surface area is 233 Å². The molecule has 0 heterocycles. The van der Waals surface area contributed by atoms with Crippen molar-refractivity contribution in [3.05, 3.63) is 59.7 Å². The minimum Gasteiger partial charge on any atom is -0.494 e. The van der Waals surface area contributed by atoms with E-state index in [0.717, 1.165) is 48.7 Å². The summed E-state index contributed by atoms with van der Waals surface area (Å²) in [5, 5.41) is 0. The summed E-state index contributed by atoms with van der Waals surface area (Å²) in [5.41, 5.74) is 1.90. The number of unbranched alkanes of at least 4 members (excludes halogenated alkanes) is 14. The molecule has 0 aromatic heterocycles. The summed E-state index contributed by atoms with van der Waals surface area (Å²) in [6, 6.07) is 16.0. The zero-order valence-electron chi connectivity index (χ0n) is 24.2. The number of ether oxygens (including phenoxy) is 2. The monoisotopic (exact) mass is 514 g/mol. The molecule has 0 aliphatic carbocycles. The molecule has 206 valence electrons. The lowest BCUT2D eigenvalue weighted by Crippen LogP contribution is -1.97. The average molecular weight is 515 g/mol. The molecule has 38 heavy (non-hydrogen) atoms. The molecule has 2 aromatic rings. The summed E-state index contributed by atoms with van der Waals surface area (Å²) in [5.74, 6) is 14.0. The number of hydrogen-bond acceptors (Lipinski definition) is 2. The van der Waals surface area contributed by atoms with E-state index in [1.165, 1.54) is 89.9 Å². The molecule has 0 bridgehead atoms. The predicted octanol–water partition coefficient (Wildman–Crippen LogP) is 10.1. The van der Waals surface area contributed by atoms with Crippen LogP contribution < -0.4 is 9.47 Å². The zero-order valence-corrected chi connectivity index (χ0v) is 24.2. The molecule has 0 spiro atoms. The van der Waals surface area contributed by atoms with E-state index in [1.807, 2.05) is 48.5 Å². The van der Waals surface area contributed by atoms with Gasteiger partial charge < -0.3 is 9.47 Å². The highest BCUT2D eigenvalue weighted by Gasteiger charge is 1.97. The van der Waals surface area contributed by atoms with Gasteiger partial charge in [0.2, 0.25) is 0 Å². The summed E-state index contributed by atoms with van der Waals surface area (Å²) >= 11 is 0. The Morgan fingerprint density at radius 2 is 0.737 bits per heavy atom. The number of hydrogen-bond donors (Lipinski definition) is 0. The highest BCUT2D eigenvalue weighted by Crippen LogP contribution is 2.15. The summed E-state index contributed by atoms with van der Waals surface area (Å²) in [6.45, 7) is 6.10. The number of benzene rings is 2. The Bertz CT molecular complexity index is 869. The minimum atomic E-state index is 0.786. The van der Waals surface area contributed by atoms with Crippen LogP contribution in [0.3, 0.4) is 0 Å². The van der Waals surface area contributed by atoms with Gasteiger partial charge in [-0.25, -0.2) is 0 Å². The van der Waals surface area contributed by atoms with Crippen molar-refractivity contribution in [2.45, 2.75) is 117 Å². The second-order valence-corrected chi connectivity index (χ2v) is 10.2. The van der Waals surface area contributed by atoms with Gasteiger partial charge in [0.05, 0.1) is 13.2 Å². The van der Waals surface area contributed by atoms with Gasteiger partial charge in [0.1, 0.15) is 11.5 Å². The molecule has 2 rings (SSSR count). The first kappa shape index (κ1) is 31.4. The molecule has 2 nitrogen and oxygen atoms in total. The first-order chi connectivity index (χ1) is 18.8. The first-order valence-electron chi connectivity index (χ1n) is 15.3. The van der Waals surface area contributed by atoms with Gasteiger partial charge in [-0.15, -0.1) is 0 Å². The number of rotatable bonds is 20. The van der Waals surface area contributed by atoms with Crippen LogP contribution in [0.1, 0.15) is 128 Å². The molecule has 0 saturated carbocycles. The molecule has 0 aliphatic heterocycles. The zero-order chi connectivity index (χ0) is 26.9. The lowest BCUT2D eigenvalue weighted by molar-refractivity contribution is 0.304. The third kappa shape index (κ3) is 16.1. The van der Waals surface area contributed by atoms with Crippen LogP contribution in [0.25, 0.3) is 0 Å². The molecule has 0 fully saturated rings. The van der Waals surface area contributed by atoms with E-state index in [-0.39, 0.29) is 0 Å². The minimum absolute atomic E-state index is 0.786. The lowest BCUT2D eigenvalue weighted by Gasteiger charge is -2.06. The Morgan fingerprint density at radius 1 is 0.421 bits per heavy atom. The van der Waals surface area contributed by atoms with Crippen LogP contribution in [-0.2, 0) is 0 Å². The van der Waals surface area contributed by atoms with Gasteiger partial charge in [-0.2, -0.15) is 0 Å². The molecule has 0 atom stereocenters. The summed E-state index contributed by atoms with van der Waals surface area (Å²) in [6.07, 6.45) is 21.0. The van der Waals surface area contributed by atoms with E-state index >= 15 is 0 Å². The van der Waals surface area contributed by atoms with Gasteiger partial charge in [0.15, 0.2) is 0 Å². The maximum Gasteiger partial charge on any atom is 0.119 e. The largest absolute Gasteiger partial charge is 0.494 e. The standard InChI is InChI=1S/C36H50O2/c1-3-5-7-9-11-13-15-19-31-37-35-27-23-33(24-28-35)21-17-18-22-34-25-29-36(30-26-34)38-32-20-16-14-12-10-8-6-4-2/h23-30H,3-16,19-20,31-32H2,1-2H3. The van der Waals surface area contributed by atoms with Crippen molar-refractivity contribution in [2.75, 3.05) is 13.2 Å². The van der Waals surface area contributed by atoms with Crippen LogP contribution in [-0.4, -0.2) is 13.2 Å². The Hall–Kier alpha value is -2.84. The van der Waals surface area contributed by atoms with E-state index in [0.29, 0.717) is 0 Å². The maximum absolute atomic E-state index is 5.87. The van der Waals surface area contributed by atoms with Crippen molar-refractivity contribution in [2.24, 2.45) is 0 Å². The molecule has 0 radical (unpaired) electrons. The van der Waals surface area contributed by atoms with Crippen molar-refractivity contribution in [3.8, 4) is 35.2 Å². The molecule has 0 N–H and O–H groups in total. The van der Waals surface area contributed by atoms with E-state index in [2.05, 4.69) is 37.5 Å². The summed E-state index contributed by atoms with van der Waals surface area (Å²) in [7, 11) is 0. The lowest BCUT2D eigenvalue weighted by atomic mass is 10.1. The molecule has 0 aliphatic rings. The van der Waals surface area contributed by atoms with Crippen LogP contribution in [0.2, 0.25) is 0 Å². The molecular weight excluding hydrogens is 464 g/mol. The van der Waals surface area contributed by atoms with Crippen LogP contribution in [0.15, 0.2) is 48.5 Å². The van der Waals surface area contributed by atoms with Gasteiger partial charge in [-0.1, -0.05) is 116 Å². The molecule has 0 unspecified atom stereocenters. The van der Waals surface area contributed by atoms with Crippen molar-refractivity contribution >= 4 is 0 Å². The van der Waals surface area contributed by atoms with E-state index in [9.17, 15) is 0 Å². The Morgan fingerprint density at radius 3 is 1.08 bits per heavy atom. The van der Waals surface area contributed by atoms with Gasteiger partial charge in [0.25, 0.3) is 0 Å². The predicted molar refractivity (Wildman–Crippen MR) is 163 cm³/mol. The second-order valence-electron chi connectivity index (χ2n) is 10.2. The fraction of sp³-hybridized carbons (Fsp3) is 0.556. The van der Waals surface area contributed by atoms with E-state index < -0.39 is 0 Å². The molecule has 2 aromatic carbocycles. The first-order valence-corrected chi connectivity index (χ1v) is 15.3. The highest BCUT2D eigenvalue weighted by molar-refractivity contribution is 5.46. The van der Waals surface area contributed by atoms with Gasteiger partial charge >= 0.3 is 0 Å². The highest BCUT2D eigenvalue weighted by atomic mass is 16.5. The fourth-order valence-corrected chi connectivity index (χ4v) is 4.33. The molecular formula is C36H50O2. The average Bonchev–Trinajstić information content (AvgIpc) is 2.95. The molecule has 2 heteroatoms. The topological polar surface area (TPSA) is 18.5 Å². The smallest absolute Gasteiger partial charge is 0.119 e. The van der Waals surface area contributed by atoms with Crippen molar-refractivity contribution < 1.29 is 9.47 Å². The van der Waals surface area contributed by atoms with Crippen LogP contribution in [0.4, 0.5) is 0 Å². The van der Waals surface area contributed by atoms with Gasteiger partial charge in [-0.3, -0.25) is 0 Å². The normalized spacial score (nSPS) is 10.3. The van der Waals surface area contributed by atoms with Crippen molar-refractivity contribution in [1.29, 1.82) is 0 Å². The van der Waals surface area contributed by atoms with Gasteiger partial charge in [-0.05, 0) is 73.2 Å². The molecule has 0 amide bonds. The fourth-order valence-electron chi connectivity index (χ4n) is 4.33. The van der Waals surface area contributed by atoms with Gasteiger partial charge in [0, 0.05) is 11.1 Å². The third-order valence-electron chi connectivity index (χ3n) is 6.72. The SMILES string of the molecule is CCCCCCCCCCOc1ccc(C#CC#Cc2ccc(OCCCCCCCCCC)cc2)cc1. The Kier molecular flexibility index (Phi) is 18.3. The van der Waals surface area contributed by atoms with Crippen LogP contribution >= 0.6 is 0 Å².